The molecule has 1 aromatic carbocycles. The van der Waals surface area contributed by atoms with Gasteiger partial charge in [0, 0.05) is 18.3 Å². The van der Waals surface area contributed by atoms with Crippen molar-refractivity contribution in [1.82, 2.24) is 10.6 Å². The molecule has 100 valence electrons. The lowest BCUT2D eigenvalue weighted by molar-refractivity contribution is 0.250. The van der Waals surface area contributed by atoms with Crippen LogP contribution < -0.4 is 16.0 Å². The van der Waals surface area contributed by atoms with Gasteiger partial charge >= 0.3 is 6.03 Å². The van der Waals surface area contributed by atoms with E-state index in [2.05, 4.69) is 28.1 Å². The first-order chi connectivity index (χ1) is 8.15. The Morgan fingerprint density at radius 3 is 2.83 bits per heavy atom. The highest BCUT2D eigenvalue weighted by atomic mass is 35.5. The quantitative estimate of drug-likeness (QED) is 0.772. The Kier molecular flexibility index (Phi) is 5.44. The van der Waals surface area contributed by atoms with E-state index in [4.69, 9.17) is 0 Å². The van der Waals surface area contributed by atoms with E-state index < -0.39 is 0 Å². The fourth-order valence-electron chi connectivity index (χ4n) is 1.98. The van der Waals surface area contributed by atoms with Crippen LogP contribution in [0.3, 0.4) is 0 Å². The first-order valence-corrected chi connectivity index (χ1v) is 6.05. The van der Waals surface area contributed by atoms with Crippen LogP contribution in [0.1, 0.15) is 25.0 Å². The molecule has 0 saturated carbocycles. The van der Waals surface area contributed by atoms with E-state index in [0.717, 1.165) is 25.2 Å². The van der Waals surface area contributed by atoms with E-state index in [0.29, 0.717) is 0 Å². The molecule has 0 aliphatic carbocycles. The Labute approximate surface area is 114 Å². The van der Waals surface area contributed by atoms with Gasteiger partial charge in [-0.15, -0.1) is 12.4 Å². The molecule has 0 fully saturated rings. The number of benzene rings is 1. The van der Waals surface area contributed by atoms with Crippen molar-refractivity contribution in [2.24, 2.45) is 0 Å². The van der Waals surface area contributed by atoms with Gasteiger partial charge in [-0.05, 0) is 50.1 Å². The monoisotopic (exact) mass is 269 g/mol. The third kappa shape index (κ3) is 3.89. The fourth-order valence-corrected chi connectivity index (χ4v) is 1.98. The van der Waals surface area contributed by atoms with Crippen LogP contribution in [0.2, 0.25) is 0 Å². The normalized spacial score (nSPS) is 13.5. The lowest BCUT2D eigenvalue weighted by Crippen LogP contribution is -2.34. The van der Waals surface area contributed by atoms with E-state index in [1.165, 1.54) is 11.1 Å². The maximum Gasteiger partial charge on any atom is 0.319 e. The van der Waals surface area contributed by atoms with Crippen LogP contribution in [-0.2, 0) is 13.0 Å². The summed E-state index contributed by atoms with van der Waals surface area (Å²) in [4.78, 5) is 11.6. The minimum absolute atomic E-state index is 0. The number of urea groups is 1. The first-order valence-electron chi connectivity index (χ1n) is 6.05. The average molecular weight is 270 g/mol. The van der Waals surface area contributed by atoms with Gasteiger partial charge in [-0.25, -0.2) is 4.79 Å². The number of anilines is 1. The summed E-state index contributed by atoms with van der Waals surface area (Å²) in [7, 11) is 0. The molecule has 0 aromatic heterocycles. The highest BCUT2D eigenvalue weighted by molar-refractivity contribution is 5.89. The van der Waals surface area contributed by atoms with Gasteiger partial charge < -0.3 is 16.0 Å². The van der Waals surface area contributed by atoms with Gasteiger partial charge in [0.1, 0.15) is 0 Å². The number of rotatable bonds is 2. The largest absolute Gasteiger partial charge is 0.336 e. The second kappa shape index (κ2) is 6.61. The van der Waals surface area contributed by atoms with Crippen molar-refractivity contribution >= 4 is 24.1 Å². The molecule has 0 spiro atoms. The van der Waals surface area contributed by atoms with Crippen LogP contribution in [-0.4, -0.2) is 18.6 Å². The van der Waals surface area contributed by atoms with Crippen molar-refractivity contribution in [3.05, 3.63) is 29.3 Å². The number of nitrogens with one attached hydrogen (secondary N) is 3. The van der Waals surface area contributed by atoms with Crippen molar-refractivity contribution in [3.8, 4) is 0 Å². The van der Waals surface area contributed by atoms with Crippen molar-refractivity contribution in [2.75, 3.05) is 11.9 Å². The molecular weight excluding hydrogens is 250 g/mol. The van der Waals surface area contributed by atoms with E-state index in [1.807, 2.05) is 19.9 Å². The number of carbonyl (C=O) groups is 1. The first kappa shape index (κ1) is 14.8. The predicted octanol–water partition coefficient (Wildman–Crippen LogP) is 2.28. The molecule has 1 aromatic rings. The van der Waals surface area contributed by atoms with Crippen molar-refractivity contribution in [1.29, 1.82) is 0 Å². The topological polar surface area (TPSA) is 53.2 Å². The smallest absolute Gasteiger partial charge is 0.319 e. The van der Waals surface area contributed by atoms with Gasteiger partial charge in [0.15, 0.2) is 0 Å². The number of hydrogen-bond acceptors (Lipinski definition) is 2. The van der Waals surface area contributed by atoms with Gasteiger partial charge in [0.25, 0.3) is 0 Å². The molecule has 0 radical (unpaired) electrons. The number of carbonyl (C=O) groups excluding carboxylic acids is 1. The van der Waals surface area contributed by atoms with Crippen molar-refractivity contribution in [3.63, 3.8) is 0 Å². The van der Waals surface area contributed by atoms with Gasteiger partial charge in [0.2, 0.25) is 0 Å². The second-order valence-electron chi connectivity index (χ2n) is 4.66. The maximum absolute atomic E-state index is 11.6. The fraction of sp³-hybridized carbons (Fsp3) is 0.462. The summed E-state index contributed by atoms with van der Waals surface area (Å²) in [6.07, 6.45) is 1.02. The third-order valence-electron chi connectivity index (χ3n) is 2.77. The van der Waals surface area contributed by atoms with Gasteiger partial charge in [0.05, 0.1) is 0 Å². The van der Waals surface area contributed by atoms with E-state index in [-0.39, 0.29) is 24.5 Å². The zero-order valence-corrected chi connectivity index (χ0v) is 11.6. The SMILES string of the molecule is CC(C)NC(=O)Nc1ccc2c(c1)CCNC2.Cl. The van der Waals surface area contributed by atoms with Gasteiger partial charge in [-0.1, -0.05) is 6.07 Å². The molecule has 1 heterocycles. The maximum atomic E-state index is 11.6. The molecular formula is C13H20ClN3O. The molecule has 1 aliphatic rings. The van der Waals surface area contributed by atoms with E-state index in [9.17, 15) is 4.79 Å². The molecule has 0 atom stereocenters. The lowest BCUT2D eigenvalue weighted by atomic mass is 10.0. The third-order valence-corrected chi connectivity index (χ3v) is 2.77. The van der Waals surface area contributed by atoms with Crippen molar-refractivity contribution in [2.45, 2.75) is 32.9 Å². The molecule has 4 nitrogen and oxygen atoms in total. The van der Waals surface area contributed by atoms with Gasteiger partial charge in [-0.3, -0.25) is 0 Å². The zero-order chi connectivity index (χ0) is 12.3. The summed E-state index contributed by atoms with van der Waals surface area (Å²) in [6.45, 7) is 5.82. The second-order valence-corrected chi connectivity index (χ2v) is 4.66. The molecule has 0 saturated heterocycles. The minimum atomic E-state index is -0.145. The van der Waals surface area contributed by atoms with E-state index in [1.54, 1.807) is 0 Å². The summed E-state index contributed by atoms with van der Waals surface area (Å²) in [5, 5.41) is 8.99. The number of hydrogen-bond donors (Lipinski definition) is 3. The predicted molar refractivity (Wildman–Crippen MR) is 76.4 cm³/mol. The van der Waals surface area contributed by atoms with E-state index >= 15 is 0 Å². The van der Waals surface area contributed by atoms with Crippen molar-refractivity contribution < 1.29 is 4.79 Å². The molecule has 2 rings (SSSR count). The Bertz CT molecular complexity index is 421. The van der Waals surface area contributed by atoms with Crippen LogP contribution in [0.25, 0.3) is 0 Å². The Morgan fingerprint density at radius 1 is 1.33 bits per heavy atom. The molecule has 5 heteroatoms. The Balaban J connectivity index is 0.00000162. The summed E-state index contributed by atoms with van der Waals surface area (Å²) < 4.78 is 0. The van der Waals surface area contributed by atoms with Crippen LogP contribution in [0.4, 0.5) is 10.5 Å². The highest BCUT2D eigenvalue weighted by Crippen LogP contribution is 2.18. The Morgan fingerprint density at radius 2 is 2.11 bits per heavy atom. The van der Waals surface area contributed by atoms with Crippen LogP contribution in [0, 0.1) is 0 Å². The molecule has 18 heavy (non-hydrogen) atoms. The number of halogens is 1. The molecule has 0 unspecified atom stereocenters. The summed E-state index contributed by atoms with van der Waals surface area (Å²) in [6, 6.07) is 6.10. The van der Waals surface area contributed by atoms with Crippen LogP contribution in [0.15, 0.2) is 18.2 Å². The molecule has 1 aliphatic heterocycles. The summed E-state index contributed by atoms with van der Waals surface area (Å²) >= 11 is 0. The zero-order valence-electron chi connectivity index (χ0n) is 10.7. The van der Waals surface area contributed by atoms with Crippen LogP contribution in [0.5, 0.6) is 0 Å². The molecule has 3 N–H and O–H groups in total. The lowest BCUT2D eigenvalue weighted by Gasteiger charge is -2.18. The van der Waals surface area contributed by atoms with Gasteiger partial charge in [-0.2, -0.15) is 0 Å². The number of fused-ring (bicyclic) bond motifs is 1. The molecule has 0 bridgehead atoms. The highest BCUT2D eigenvalue weighted by Gasteiger charge is 2.10. The molecule has 2 amide bonds. The van der Waals surface area contributed by atoms with Crippen LogP contribution >= 0.6 is 12.4 Å². The minimum Gasteiger partial charge on any atom is -0.336 e. The Hall–Kier alpha value is -1.26. The average Bonchev–Trinajstić information content (AvgIpc) is 2.27. The number of amides is 2. The standard InChI is InChI=1S/C13H19N3O.ClH/c1-9(2)15-13(17)16-12-4-3-11-8-14-6-5-10(11)7-12;/h3-4,7,9,14H,5-6,8H2,1-2H3,(H2,15,16,17);1H. The summed E-state index contributed by atoms with van der Waals surface area (Å²) in [5.74, 6) is 0. The summed E-state index contributed by atoms with van der Waals surface area (Å²) in [5.41, 5.74) is 3.51.